The van der Waals surface area contributed by atoms with Crippen molar-refractivity contribution in [2.24, 2.45) is 11.8 Å². The van der Waals surface area contributed by atoms with E-state index < -0.39 is 0 Å². The molecule has 0 amide bonds. The number of nitrogens with zero attached hydrogens (tertiary/aromatic N) is 5. The molecule has 3 aromatic rings. The van der Waals surface area contributed by atoms with Gasteiger partial charge in [-0.05, 0) is 74.1 Å². The van der Waals surface area contributed by atoms with Crippen LogP contribution in [0.25, 0.3) is 5.78 Å². The molecule has 0 N–H and O–H groups in total. The summed E-state index contributed by atoms with van der Waals surface area (Å²) >= 11 is 0. The lowest BCUT2D eigenvalue weighted by Gasteiger charge is -2.42. The molecule has 1 saturated heterocycles. The Morgan fingerprint density at radius 2 is 1.77 bits per heavy atom. The molecule has 31 heavy (non-hydrogen) atoms. The number of aryl methyl sites for hydroxylation is 1. The Morgan fingerprint density at radius 1 is 1.00 bits per heavy atom. The van der Waals surface area contributed by atoms with E-state index in [0.29, 0.717) is 23.8 Å². The maximum Gasteiger partial charge on any atom is 0.252 e. The van der Waals surface area contributed by atoms with Gasteiger partial charge in [-0.1, -0.05) is 45.0 Å². The van der Waals surface area contributed by atoms with Crippen LogP contribution in [0.3, 0.4) is 0 Å². The van der Waals surface area contributed by atoms with E-state index in [1.807, 2.05) is 4.52 Å². The summed E-state index contributed by atoms with van der Waals surface area (Å²) in [5, 5.41) is 4.48. The van der Waals surface area contributed by atoms with Crippen LogP contribution >= 0.6 is 0 Å². The van der Waals surface area contributed by atoms with Gasteiger partial charge in [0.05, 0.1) is 5.69 Å². The summed E-state index contributed by atoms with van der Waals surface area (Å²) in [6.07, 6.45) is 6.75. The molecule has 164 valence electrons. The maximum atomic E-state index is 4.55. The summed E-state index contributed by atoms with van der Waals surface area (Å²) in [5.74, 6) is 3.21. The average molecular weight is 418 g/mol. The Bertz CT molecular complexity index is 1030. The highest BCUT2D eigenvalue weighted by molar-refractivity contribution is 5.33. The summed E-state index contributed by atoms with van der Waals surface area (Å²) in [7, 11) is 0. The molecule has 5 nitrogen and oxygen atoms in total. The quantitative estimate of drug-likeness (QED) is 0.529. The summed E-state index contributed by atoms with van der Waals surface area (Å²) < 4.78 is 1.95. The van der Waals surface area contributed by atoms with Gasteiger partial charge in [-0.25, -0.2) is 9.50 Å². The zero-order valence-electron chi connectivity index (χ0n) is 19.3. The molecule has 1 saturated carbocycles. The molecule has 3 heterocycles. The molecule has 5 heteroatoms. The zero-order valence-corrected chi connectivity index (χ0v) is 19.3. The molecule has 2 aliphatic rings. The van der Waals surface area contributed by atoms with E-state index in [4.69, 9.17) is 0 Å². The molecule has 2 fully saturated rings. The van der Waals surface area contributed by atoms with Gasteiger partial charge in [0.15, 0.2) is 0 Å². The van der Waals surface area contributed by atoms with Gasteiger partial charge in [-0.15, -0.1) is 0 Å². The molecular weight excluding hydrogens is 382 g/mol. The lowest BCUT2D eigenvalue weighted by Crippen LogP contribution is -2.41. The summed E-state index contributed by atoms with van der Waals surface area (Å²) in [6.45, 7) is 11.4. The highest BCUT2D eigenvalue weighted by Gasteiger charge is 2.33. The Morgan fingerprint density at radius 3 is 2.48 bits per heavy atom. The van der Waals surface area contributed by atoms with Crippen LogP contribution in [0.15, 0.2) is 36.7 Å². The van der Waals surface area contributed by atoms with Crippen molar-refractivity contribution in [2.45, 2.75) is 71.3 Å². The molecule has 2 aromatic heterocycles. The third kappa shape index (κ3) is 4.12. The first-order chi connectivity index (χ1) is 15.0. The number of benzene rings is 1. The number of hydrogen-bond donors (Lipinski definition) is 0. The van der Waals surface area contributed by atoms with Crippen molar-refractivity contribution in [3.05, 3.63) is 59.2 Å². The van der Waals surface area contributed by atoms with Crippen molar-refractivity contribution in [2.75, 3.05) is 13.1 Å². The minimum Gasteiger partial charge on any atom is -0.295 e. The lowest BCUT2D eigenvalue weighted by molar-refractivity contribution is 0.0913. The summed E-state index contributed by atoms with van der Waals surface area (Å²) in [6, 6.07) is 12.3. The maximum absolute atomic E-state index is 4.55. The van der Waals surface area contributed by atoms with Crippen LogP contribution < -0.4 is 0 Å². The van der Waals surface area contributed by atoms with Crippen LogP contribution in [0.5, 0.6) is 0 Å². The van der Waals surface area contributed by atoms with Crippen molar-refractivity contribution < 1.29 is 0 Å². The van der Waals surface area contributed by atoms with E-state index in [0.717, 1.165) is 30.5 Å². The lowest BCUT2D eigenvalue weighted by atomic mass is 9.82. The molecule has 5 rings (SSSR count). The molecule has 3 atom stereocenters. The molecular formula is C26H35N5. The minimum atomic E-state index is 0.449. The van der Waals surface area contributed by atoms with E-state index in [1.165, 1.54) is 42.5 Å². The first-order valence-corrected chi connectivity index (χ1v) is 12.0. The van der Waals surface area contributed by atoms with Crippen LogP contribution in [0.2, 0.25) is 0 Å². The van der Waals surface area contributed by atoms with Gasteiger partial charge < -0.3 is 0 Å². The Labute approximate surface area is 185 Å². The normalized spacial score (nSPS) is 22.2. The summed E-state index contributed by atoms with van der Waals surface area (Å²) in [5.41, 5.74) is 5.28. The topological polar surface area (TPSA) is 46.3 Å². The van der Waals surface area contributed by atoms with E-state index in [1.54, 1.807) is 6.33 Å². The van der Waals surface area contributed by atoms with Crippen LogP contribution in [0, 0.1) is 18.8 Å². The van der Waals surface area contributed by atoms with Crippen molar-refractivity contribution in [3.63, 3.8) is 0 Å². The fourth-order valence-corrected chi connectivity index (χ4v) is 5.34. The van der Waals surface area contributed by atoms with Gasteiger partial charge in [-0.3, -0.25) is 4.90 Å². The second-order valence-electron chi connectivity index (χ2n) is 10.1. The monoisotopic (exact) mass is 417 g/mol. The number of piperidine rings is 1. The van der Waals surface area contributed by atoms with E-state index >= 15 is 0 Å². The Kier molecular flexibility index (Phi) is 5.55. The average Bonchev–Trinajstić information content (AvgIpc) is 3.51. The third-order valence-electron chi connectivity index (χ3n) is 7.55. The highest BCUT2D eigenvalue weighted by atomic mass is 15.3. The Balaban J connectivity index is 1.45. The number of likely N-dealkylation sites (tertiary alicyclic amines) is 1. The minimum absolute atomic E-state index is 0.449. The van der Waals surface area contributed by atoms with Gasteiger partial charge in [0, 0.05) is 24.2 Å². The van der Waals surface area contributed by atoms with E-state index in [9.17, 15) is 0 Å². The zero-order chi connectivity index (χ0) is 21.5. The van der Waals surface area contributed by atoms with Gasteiger partial charge in [0.1, 0.15) is 6.33 Å². The molecule has 0 bridgehead atoms. The van der Waals surface area contributed by atoms with Crippen LogP contribution in [0.1, 0.15) is 86.8 Å². The number of hydrogen-bond acceptors (Lipinski definition) is 4. The second kappa shape index (κ2) is 8.34. The molecule has 1 aliphatic carbocycles. The van der Waals surface area contributed by atoms with Crippen LogP contribution in [0.4, 0.5) is 0 Å². The third-order valence-corrected chi connectivity index (χ3v) is 7.55. The van der Waals surface area contributed by atoms with Crippen molar-refractivity contribution in [1.82, 2.24) is 24.5 Å². The fourth-order valence-electron chi connectivity index (χ4n) is 5.34. The number of rotatable bonds is 6. The largest absolute Gasteiger partial charge is 0.295 e. The molecule has 1 aliphatic heterocycles. The standard InChI is InChI=1S/C26H35N5/c1-17(2)19(4)25(22-11-9-21(10-12-22)20-7-8-20)30-13-5-6-23(15-30)24-14-18(3)29-26-27-16-28-31(24)26/h9-12,14,16-17,19-20,23,25H,5-8,13,15H2,1-4H3. The smallest absolute Gasteiger partial charge is 0.252 e. The Hall–Kier alpha value is -2.27. The van der Waals surface area contributed by atoms with Gasteiger partial charge in [-0.2, -0.15) is 10.1 Å². The summed E-state index contributed by atoms with van der Waals surface area (Å²) in [4.78, 5) is 11.6. The van der Waals surface area contributed by atoms with Crippen molar-refractivity contribution >= 4 is 5.78 Å². The molecule has 1 aromatic carbocycles. The predicted octanol–water partition coefficient (Wildman–Crippen LogP) is 5.52. The highest BCUT2D eigenvalue weighted by Crippen LogP contribution is 2.42. The van der Waals surface area contributed by atoms with Crippen molar-refractivity contribution in [3.8, 4) is 0 Å². The number of aromatic nitrogens is 4. The van der Waals surface area contributed by atoms with Crippen molar-refractivity contribution in [1.29, 1.82) is 0 Å². The molecule has 0 radical (unpaired) electrons. The van der Waals surface area contributed by atoms with Crippen LogP contribution in [-0.2, 0) is 0 Å². The fraction of sp³-hybridized carbons (Fsp3) is 0.577. The number of fused-ring (bicyclic) bond motifs is 1. The van der Waals surface area contributed by atoms with E-state index in [-0.39, 0.29) is 0 Å². The molecule has 3 unspecified atom stereocenters. The molecule has 0 spiro atoms. The van der Waals surface area contributed by atoms with Gasteiger partial charge in [0.25, 0.3) is 5.78 Å². The van der Waals surface area contributed by atoms with E-state index in [2.05, 4.69) is 78.0 Å². The first-order valence-electron chi connectivity index (χ1n) is 12.0. The SMILES string of the molecule is Cc1cc(C2CCCN(C(c3ccc(C4CC4)cc3)C(C)C(C)C)C2)n2ncnc2n1. The predicted molar refractivity (Wildman–Crippen MR) is 124 cm³/mol. The van der Waals surface area contributed by atoms with Gasteiger partial charge in [0.2, 0.25) is 0 Å². The van der Waals surface area contributed by atoms with Gasteiger partial charge >= 0.3 is 0 Å². The first kappa shape index (κ1) is 20.6. The van der Waals surface area contributed by atoms with Crippen LogP contribution in [-0.4, -0.2) is 37.6 Å². The second-order valence-corrected chi connectivity index (χ2v) is 10.1.